The Bertz CT molecular complexity index is 512. The van der Waals surface area contributed by atoms with Crippen molar-refractivity contribution in [1.29, 1.82) is 0 Å². The lowest BCUT2D eigenvalue weighted by molar-refractivity contribution is 0.764. The number of aryl methyl sites for hydroxylation is 2. The second-order valence-electron chi connectivity index (χ2n) is 3.58. The van der Waals surface area contributed by atoms with Crippen LogP contribution in [0.15, 0.2) is 30.5 Å². The summed E-state index contributed by atoms with van der Waals surface area (Å²) in [4.78, 5) is 0. The first-order valence-corrected chi connectivity index (χ1v) is 4.78. The van der Waals surface area contributed by atoms with Gasteiger partial charge in [-0.05, 0) is 18.4 Å². The van der Waals surface area contributed by atoms with Crippen LogP contribution in [0.25, 0.3) is 11.1 Å². The first-order chi connectivity index (χ1) is 7.20. The van der Waals surface area contributed by atoms with Crippen molar-refractivity contribution in [3.63, 3.8) is 0 Å². The van der Waals surface area contributed by atoms with E-state index in [1.54, 1.807) is 4.68 Å². The standard InChI is InChI=1S/C13H12N2/c1-4-13-12(9-15(3)14-13)11-7-5-10(2)6-8-11/h1,5-9H,2-3H3. The zero-order chi connectivity index (χ0) is 10.8. The molecule has 0 N–H and O–H groups in total. The fourth-order valence-electron chi connectivity index (χ4n) is 1.54. The molecule has 2 heteroatoms. The highest BCUT2D eigenvalue weighted by atomic mass is 15.2. The van der Waals surface area contributed by atoms with Crippen LogP contribution >= 0.6 is 0 Å². The molecule has 0 aliphatic rings. The van der Waals surface area contributed by atoms with E-state index in [1.807, 2.05) is 13.2 Å². The van der Waals surface area contributed by atoms with E-state index in [-0.39, 0.29) is 0 Å². The number of hydrogen-bond acceptors (Lipinski definition) is 1. The average molecular weight is 196 g/mol. The van der Waals surface area contributed by atoms with Gasteiger partial charge < -0.3 is 0 Å². The van der Waals surface area contributed by atoms with Gasteiger partial charge in [0.15, 0.2) is 0 Å². The third-order valence-electron chi connectivity index (χ3n) is 2.33. The highest BCUT2D eigenvalue weighted by Crippen LogP contribution is 2.22. The molecule has 0 saturated heterocycles. The third-order valence-corrected chi connectivity index (χ3v) is 2.33. The van der Waals surface area contributed by atoms with Crippen molar-refractivity contribution in [2.75, 3.05) is 0 Å². The van der Waals surface area contributed by atoms with Gasteiger partial charge in [-0.25, -0.2) is 0 Å². The summed E-state index contributed by atoms with van der Waals surface area (Å²) in [7, 11) is 1.87. The highest BCUT2D eigenvalue weighted by molar-refractivity contribution is 5.68. The third kappa shape index (κ3) is 1.77. The van der Waals surface area contributed by atoms with Crippen molar-refractivity contribution >= 4 is 0 Å². The molecule has 0 atom stereocenters. The predicted molar refractivity (Wildman–Crippen MR) is 61.3 cm³/mol. The molecule has 0 aliphatic carbocycles. The van der Waals surface area contributed by atoms with Gasteiger partial charge in [0, 0.05) is 18.8 Å². The zero-order valence-electron chi connectivity index (χ0n) is 8.86. The SMILES string of the molecule is C#Cc1nn(C)cc1-c1ccc(C)cc1. The van der Waals surface area contributed by atoms with Gasteiger partial charge in [0.05, 0.1) is 0 Å². The number of terminal acetylenes is 1. The summed E-state index contributed by atoms with van der Waals surface area (Å²) in [6, 6.07) is 8.27. The maximum atomic E-state index is 5.41. The lowest BCUT2D eigenvalue weighted by Gasteiger charge is -1.98. The summed E-state index contributed by atoms with van der Waals surface area (Å²) < 4.78 is 1.74. The van der Waals surface area contributed by atoms with Crippen LogP contribution < -0.4 is 0 Å². The molecule has 0 saturated carbocycles. The molecule has 1 heterocycles. The molecule has 1 aromatic carbocycles. The quantitative estimate of drug-likeness (QED) is 0.640. The summed E-state index contributed by atoms with van der Waals surface area (Å²) in [5.74, 6) is 2.60. The Hall–Kier alpha value is -2.01. The largest absolute Gasteiger partial charge is 0.274 e. The molecule has 0 amide bonds. The van der Waals surface area contributed by atoms with E-state index in [2.05, 4.69) is 42.2 Å². The Morgan fingerprint density at radius 3 is 2.53 bits per heavy atom. The van der Waals surface area contributed by atoms with Gasteiger partial charge in [-0.15, -0.1) is 6.42 Å². The molecule has 15 heavy (non-hydrogen) atoms. The van der Waals surface area contributed by atoms with Gasteiger partial charge in [0.1, 0.15) is 5.69 Å². The van der Waals surface area contributed by atoms with Crippen molar-refractivity contribution < 1.29 is 0 Å². The zero-order valence-corrected chi connectivity index (χ0v) is 8.86. The van der Waals surface area contributed by atoms with Crippen LogP contribution in [0.2, 0.25) is 0 Å². The number of benzene rings is 1. The fourth-order valence-corrected chi connectivity index (χ4v) is 1.54. The van der Waals surface area contributed by atoms with Gasteiger partial charge >= 0.3 is 0 Å². The van der Waals surface area contributed by atoms with Crippen LogP contribution in [0.3, 0.4) is 0 Å². The summed E-state index contributed by atoms with van der Waals surface area (Å²) in [5, 5.41) is 4.21. The van der Waals surface area contributed by atoms with Gasteiger partial charge in [0.2, 0.25) is 0 Å². The van der Waals surface area contributed by atoms with Crippen LogP contribution in [0.1, 0.15) is 11.3 Å². The minimum atomic E-state index is 0.696. The summed E-state index contributed by atoms with van der Waals surface area (Å²) in [6.07, 6.45) is 7.35. The first kappa shape index (κ1) is 9.54. The number of nitrogens with zero attached hydrogens (tertiary/aromatic N) is 2. The van der Waals surface area contributed by atoms with E-state index in [0.29, 0.717) is 5.69 Å². The van der Waals surface area contributed by atoms with Crippen molar-refractivity contribution in [2.45, 2.75) is 6.92 Å². The second kappa shape index (κ2) is 3.62. The fraction of sp³-hybridized carbons (Fsp3) is 0.154. The molecule has 0 radical (unpaired) electrons. The van der Waals surface area contributed by atoms with E-state index in [0.717, 1.165) is 11.1 Å². The van der Waals surface area contributed by atoms with Crippen LogP contribution in [0, 0.1) is 19.3 Å². The molecule has 0 spiro atoms. The smallest absolute Gasteiger partial charge is 0.142 e. The van der Waals surface area contributed by atoms with E-state index in [1.165, 1.54) is 5.56 Å². The Kier molecular flexibility index (Phi) is 2.31. The van der Waals surface area contributed by atoms with Crippen molar-refractivity contribution in [3.05, 3.63) is 41.7 Å². The van der Waals surface area contributed by atoms with E-state index in [9.17, 15) is 0 Å². The van der Waals surface area contributed by atoms with Crippen molar-refractivity contribution in [2.24, 2.45) is 7.05 Å². The number of rotatable bonds is 1. The molecule has 0 unspecified atom stereocenters. The van der Waals surface area contributed by atoms with Gasteiger partial charge in [-0.2, -0.15) is 5.10 Å². The van der Waals surface area contributed by atoms with Crippen LogP contribution in [0.4, 0.5) is 0 Å². The molecular formula is C13H12N2. The normalized spacial score (nSPS) is 9.93. The predicted octanol–water partition coefficient (Wildman–Crippen LogP) is 2.38. The van der Waals surface area contributed by atoms with Crippen molar-refractivity contribution in [1.82, 2.24) is 9.78 Å². The van der Waals surface area contributed by atoms with Crippen molar-refractivity contribution in [3.8, 4) is 23.5 Å². The maximum Gasteiger partial charge on any atom is 0.142 e. The van der Waals surface area contributed by atoms with Gasteiger partial charge in [-0.1, -0.05) is 29.8 Å². The summed E-state index contributed by atoms with van der Waals surface area (Å²) >= 11 is 0. The number of aromatic nitrogens is 2. The minimum Gasteiger partial charge on any atom is -0.274 e. The van der Waals surface area contributed by atoms with Crippen LogP contribution in [-0.2, 0) is 7.05 Å². The van der Waals surface area contributed by atoms with E-state index >= 15 is 0 Å². The van der Waals surface area contributed by atoms with E-state index < -0.39 is 0 Å². The van der Waals surface area contributed by atoms with Gasteiger partial charge in [0.25, 0.3) is 0 Å². The Labute approximate surface area is 89.6 Å². The molecule has 2 rings (SSSR count). The molecule has 2 nitrogen and oxygen atoms in total. The summed E-state index contributed by atoms with van der Waals surface area (Å²) in [5.41, 5.74) is 4.06. The van der Waals surface area contributed by atoms with Crippen LogP contribution in [0.5, 0.6) is 0 Å². The Morgan fingerprint density at radius 1 is 1.27 bits per heavy atom. The topological polar surface area (TPSA) is 17.8 Å². The summed E-state index contributed by atoms with van der Waals surface area (Å²) in [6.45, 7) is 2.06. The minimum absolute atomic E-state index is 0.696. The van der Waals surface area contributed by atoms with E-state index in [4.69, 9.17) is 6.42 Å². The molecule has 0 fully saturated rings. The van der Waals surface area contributed by atoms with Gasteiger partial charge in [-0.3, -0.25) is 4.68 Å². The second-order valence-corrected chi connectivity index (χ2v) is 3.58. The lowest BCUT2D eigenvalue weighted by Crippen LogP contribution is -1.86. The maximum absolute atomic E-state index is 5.41. The molecule has 2 aromatic rings. The first-order valence-electron chi connectivity index (χ1n) is 4.78. The Balaban J connectivity index is 2.54. The lowest BCUT2D eigenvalue weighted by atomic mass is 10.1. The number of hydrogen-bond donors (Lipinski definition) is 0. The molecule has 74 valence electrons. The average Bonchev–Trinajstić information content (AvgIpc) is 2.61. The molecular weight excluding hydrogens is 184 g/mol. The van der Waals surface area contributed by atoms with Crippen LogP contribution in [-0.4, -0.2) is 9.78 Å². The molecule has 0 aliphatic heterocycles. The Morgan fingerprint density at radius 2 is 1.93 bits per heavy atom. The molecule has 1 aromatic heterocycles. The highest BCUT2D eigenvalue weighted by Gasteiger charge is 2.06. The molecule has 0 bridgehead atoms. The monoisotopic (exact) mass is 196 g/mol.